The van der Waals surface area contributed by atoms with E-state index in [1.165, 1.54) is 0 Å². The summed E-state index contributed by atoms with van der Waals surface area (Å²) < 4.78 is 0. The first-order valence-corrected chi connectivity index (χ1v) is 10.0. The van der Waals surface area contributed by atoms with E-state index in [0.29, 0.717) is 12.0 Å². The zero-order chi connectivity index (χ0) is 19.2. The van der Waals surface area contributed by atoms with Crippen molar-refractivity contribution < 1.29 is 4.79 Å². The molecule has 3 rings (SSSR count). The van der Waals surface area contributed by atoms with Crippen LogP contribution in [0, 0.1) is 0 Å². The van der Waals surface area contributed by atoms with Crippen molar-refractivity contribution in [3.05, 3.63) is 54.0 Å². The predicted octanol–water partition coefficient (Wildman–Crippen LogP) is 4.20. The molecular weight excluding hydrogens is 336 g/mol. The molecule has 2 heterocycles. The summed E-state index contributed by atoms with van der Waals surface area (Å²) in [6, 6.07) is 12.4. The van der Waals surface area contributed by atoms with E-state index in [4.69, 9.17) is 0 Å². The van der Waals surface area contributed by atoms with Crippen LogP contribution in [-0.2, 0) is 4.79 Å². The van der Waals surface area contributed by atoms with Gasteiger partial charge in [-0.1, -0.05) is 51.1 Å². The molecule has 144 valence electrons. The van der Waals surface area contributed by atoms with Crippen molar-refractivity contribution in [3.8, 4) is 0 Å². The summed E-state index contributed by atoms with van der Waals surface area (Å²) in [5.74, 6) is 2.28. The highest BCUT2D eigenvalue weighted by molar-refractivity contribution is 5.83. The van der Waals surface area contributed by atoms with Crippen LogP contribution in [0.1, 0.15) is 63.3 Å². The van der Waals surface area contributed by atoms with Crippen LogP contribution < -0.4 is 5.32 Å². The molecular formula is C22H30N4O. The molecule has 1 amide bonds. The van der Waals surface area contributed by atoms with Gasteiger partial charge in [0, 0.05) is 31.2 Å². The molecule has 0 saturated carbocycles. The predicted molar refractivity (Wildman–Crippen MR) is 109 cm³/mol. The summed E-state index contributed by atoms with van der Waals surface area (Å²) in [6.07, 6.45) is 4.53. The van der Waals surface area contributed by atoms with E-state index in [0.717, 1.165) is 49.6 Å². The fraction of sp³-hybridized carbons (Fsp3) is 0.500. The Hall–Kier alpha value is -2.43. The quantitative estimate of drug-likeness (QED) is 0.832. The largest absolute Gasteiger partial charge is 0.367 e. The first-order valence-electron chi connectivity index (χ1n) is 10.0. The molecule has 0 radical (unpaired) electrons. The van der Waals surface area contributed by atoms with Gasteiger partial charge in [-0.3, -0.25) is 4.79 Å². The number of amides is 1. The number of hydrogen-bond acceptors (Lipinski definition) is 4. The minimum Gasteiger partial charge on any atom is -0.367 e. The zero-order valence-electron chi connectivity index (χ0n) is 16.6. The lowest BCUT2D eigenvalue weighted by Crippen LogP contribution is -2.44. The third-order valence-electron chi connectivity index (χ3n) is 5.26. The smallest absolute Gasteiger partial charge is 0.230 e. The molecule has 0 spiro atoms. The topological polar surface area (TPSA) is 58.1 Å². The minimum atomic E-state index is -0.0360. The second-order valence-electron chi connectivity index (χ2n) is 7.57. The molecule has 1 aromatic heterocycles. The summed E-state index contributed by atoms with van der Waals surface area (Å²) in [6.45, 7) is 7.87. The van der Waals surface area contributed by atoms with Gasteiger partial charge in [-0.2, -0.15) is 0 Å². The van der Waals surface area contributed by atoms with Gasteiger partial charge in [0.05, 0.1) is 5.92 Å². The van der Waals surface area contributed by atoms with Gasteiger partial charge in [0.25, 0.3) is 0 Å². The number of likely N-dealkylation sites (tertiary alicyclic amines) is 1. The molecule has 1 aliphatic rings. The number of benzene rings is 1. The third-order valence-corrected chi connectivity index (χ3v) is 5.26. The molecule has 2 aromatic rings. The molecule has 1 aliphatic heterocycles. The molecule has 27 heavy (non-hydrogen) atoms. The summed E-state index contributed by atoms with van der Waals surface area (Å²) in [7, 11) is 0. The Balaban J connectivity index is 1.57. The van der Waals surface area contributed by atoms with Gasteiger partial charge in [0.1, 0.15) is 11.6 Å². The molecule has 1 N–H and O–H groups in total. The van der Waals surface area contributed by atoms with Crippen LogP contribution in [0.3, 0.4) is 0 Å². The number of carbonyl (C=O) groups is 1. The van der Waals surface area contributed by atoms with Crippen LogP contribution in [0.15, 0.2) is 42.6 Å². The van der Waals surface area contributed by atoms with Crippen LogP contribution >= 0.6 is 0 Å². The van der Waals surface area contributed by atoms with Gasteiger partial charge < -0.3 is 10.2 Å². The number of nitrogens with one attached hydrogen (secondary N) is 1. The van der Waals surface area contributed by atoms with E-state index in [1.807, 2.05) is 35.4 Å². The summed E-state index contributed by atoms with van der Waals surface area (Å²) >= 11 is 0. The monoisotopic (exact) mass is 366 g/mol. The fourth-order valence-electron chi connectivity index (χ4n) is 3.64. The van der Waals surface area contributed by atoms with Crippen molar-refractivity contribution in [1.82, 2.24) is 14.9 Å². The average Bonchev–Trinajstić information content (AvgIpc) is 2.70. The lowest BCUT2D eigenvalue weighted by Gasteiger charge is -2.34. The number of piperidine rings is 1. The van der Waals surface area contributed by atoms with E-state index in [2.05, 4.69) is 48.2 Å². The van der Waals surface area contributed by atoms with Gasteiger partial charge in [-0.05, 0) is 30.9 Å². The molecule has 5 heteroatoms. The Bertz CT molecular complexity index is 739. The normalized spacial score (nSPS) is 16.4. The Morgan fingerprint density at radius 3 is 2.52 bits per heavy atom. The van der Waals surface area contributed by atoms with Gasteiger partial charge in [0.15, 0.2) is 0 Å². The van der Waals surface area contributed by atoms with Gasteiger partial charge >= 0.3 is 0 Å². The van der Waals surface area contributed by atoms with E-state index < -0.39 is 0 Å². The first-order chi connectivity index (χ1) is 13.1. The summed E-state index contributed by atoms with van der Waals surface area (Å²) in [5, 5.41) is 3.52. The van der Waals surface area contributed by atoms with Gasteiger partial charge in [0.2, 0.25) is 5.91 Å². The maximum Gasteiger partial charge on any atom is 0.230 e. The molecule has 1 unspecified atom stereocenters. The standard InChI is InChI=1S/C22H30N4O/c1-4-19(17-8-6-5-7-9-17)22(27)26-14-11-18(12-15-26)24-20-10-13-23-21(25-20)16(2)3/h5-10,13,16,18-19H,4,11-12,14-15H2,1-3H3,(H,23,24,25). The molecule has 1 saturated heterocycles. The molecule has 1 atom stereocenters. The number of rotatable bonds is 6. The van der Waals surface area contributed by atoms with E-state index in [1.54, 1.807) is 0 Å². The highest BCUT2D eigenvalue weighted by atomic mass is 16.2. The highest BCUT2D eigenvalue weighted by Crippen LogP contribution is 2.25. The van der Waals surface area contributed by atoms with Crippen molar-refractivity contribution in [3.63, 3.8) is 0 Å². The van der Waals surface area contributed by atoms with Crippen LogP contribution in [0.4, 0.5) is 5.82 Å². The van der Waals surface area contributed by atoms with Crippen molar-refractivity contribution in [2.24, 2.45) is 0 Å². The molecule has 0 bridgehead atoms. The zero-order valence-corrected chi connectivity index (χ0v) is 16.6. The van der Waals surface area contributed by atoms with Crippen LogP contribution in [0.2, 0.25) is 0 Å². The first kappa shape index (κ1) is 19.3. The molecule has 5 nitrogen and oxygen atoms in total. The highest BCUT2D eigenvalue weighted by Gasteiger charge is 2.28. The van der Waals surface area contributed by atoms with Crippen molar-refractivity contribution in [2.75, 3.05) is 18.4 Å². The number of hydrogen-bond donors (Lipinski definition) is 1. The average molecular weight is 367 g/mol. The maximum atomic E-state index is 13.0. The lowest BCUT2D eigenvalue weighted by molar-refractivity contribution is -0.133. The van der Waals surface area contributed by atoms with Crippen LogP contribution in [-0.4, -0.2) is 39.9 Å². The molecule has 0 aliphatic carbocycles. The number of nitrogens with zero attached hydrogens (tertiary/aromatic N) is 3. The summed E-state index contributed by atoms with van der Waals surface area (Å²) in [5.41, 5.74) is 1.12. The minimum absolute atomic E-state index is 0.0360. The van der Waals surface area contributed by atoms with E-state index in [-0.39, 0.29) is 11.8 Å². The second-order valence-corrected chi connectivity index (χ2v) is 7.57. The number of carbonyl (C=O) groups excluding carboxylic acids is 1. The van der Waals surface area contributed by atoms with Gasteiger partial charge in [-0.25, -0.2) is 9.97 Å². The second kappa shape index (κ2) is 8.98. The van der Waals surface area contributed by atoms with Crippen LogP contribution in [0.5, 0.6) is 0 Å². The van der Waals surface area contributed by atoms with E-state index in [9.17, 15) is 4.79 Å². The molecule has 1 aromatic carbocycles. The SMILES string of the molecule is CCC(C(=O)N1CCC(Nc2ccnc(C(C)C)n2)CC1)c1ccccc1. The Morgan fingerprint density at radius 1 is 1.19 bits per heavy atom. The Morgan fingerprint density at radius 2 is 1.89 bits per heavy atom. The Labute approximate surface area is 162 Å². The van der Waals surface area contributed by atoms with E-state index >= 15 is 0 Å². The third kappa shape index (κ3) is 4.85. The number of aromatic nitrogens is 2. The lowest BCUT2D eigenvalue weighted by atomic mass is 9.93. The number of anilines is 1. The molecule has 1 fully saturated rings. The summed E-state index contributed by atoms with van der Waals surface area (Å²) in [4.78, 5) is 23.9. The van der Waals surface area contributed by atoms with Crippen molar-refractivity contribution in [2.45, 2.75) is 57.9 Å². The van der Waals surface area contributed by atoms with Crippen molar-refractivity contribution in [1.29, 1.82) is 0 Å². The van der Waals surface area contributed by atoms with Crippen LogP contribution in [0.25, 0.3) is 0 Å². The fourth-order valence-corrected chi connectivity index (χ4v) is 3.64. The van der Waals surface area contributed by atoms with Gasteiger partial charge in [-0.15, -0.1) is 0 Å². The van der Waals surface area contributed by atoms with Crippen molar-refractivity contribution >= 4 is 11.7 Å². The maximum absolute atomic E-state index is 13.0. The Kier molecular flexibility index (Phi) is 6.43.